The number of aliphatic hydroxyl groups excluding tert-OH is 1. The van der Waals surface area contributed by atoms with E-state index in [-0.39, 0.29) is 18.7 Å². The van der Waals surface area contributed by atoms with E-state index in [1.54, 1.807) is 0 Å². The number of hydrogen-bond donors (Lipinski definition) is 1. The maximum atomic E-state index is 11.9. The van der Waals surface area contributed by atoms with Crippen molar-refractivity contribution in [2.45, 2.75) is 32.8 Å². The summed E-state index contributed by atoms with van der Waals surface area (Å²) in [5.74, 6) is -0.222. The van der Waals surface area contributed by atoms with Crippen LogP contribution in [-0.4, -0.2) is 35.2 Å². The fourth-order valence-corrected chi connectivity index (χ4v) is 3.09. The lowest BCUT2D eigenvalue weighted by molar-refractivity contribution is -0.143. The zero-order valence-corrected chi connectivity index (χ0v) is 10.9. The summed E-state index contributed by atoms with van der Waals surface area (Å²) in [5.41, 5.74) is 1.62. The van der Waals surface area contributed by atoms with Crippen molar-refractivity contribution >= 4 is 17.7 Å². The predicted octanol–water partition coefficient (Wildman–Crippen LogP) is 1.83. The van der Waals surface area contributed by atoms with Crippen molar-refractivity contribution in [3.8, 4) is 0 Å². The highest BCUT2D eigenvalue weighted by molar-refractivity contribution is 8.06. The molecule has 94 valence electrons. The molecule has 2 heterocycles. The summed E-state index contributed by atoms with van der Waals surface area (Å²) < 4.78 is 5.24. The van der Waals surface area contributed by atoms with Gasteiger partial charge in [-0.1, -0.05) is 11.8 Å². The summed E-state index contributed by atoms with van der Waals surface area (Å²) in [5, 5.41) is 12.1. The number of nitrogens with zero attached hydrogens (tertiary/aromatic N) is 1. The first-order valence-corrected chi connectivity index (χ1v) is 6.69. The quantitative estimate of drug-likeness (QED) is 0.780. The molecule has 5 heteroatoms. The van der Waals surface area contributed by atoms with E-state index in [2.05, 4.69) is 0 Å². The summed E-state index contributed by atoms with van der Waals surface area (Å²) in [6, 6.07) is 0. The molecular formula is C12H17NO3S. The highest BCUT2D eigenvalue weighted by Crippen LogP contribution is 2.40. The molecule has 0 saturated carbocycles. The van der Waals surface area contributed by atoms with Crippen molar-refractivity contribution in [1.29, 1.82) is 0 Å². The lowest BCUT2D eigenvalue weighted by atomic mass is 10.1. The van der Waals surface area contributed by atoms with Crippen LogP contribution in [0.25, 0.3) is 0 Å². The van der Waals surface area contributed by atoms with Gasteiger partial charge in [0.1, 0.15) is 0 Å². The van der Waals surface area contributed by atoms with Crippen molar-refractivity contribution in [2.24, 2.45) is 0 Å². The average molecular weight is 255 g/mol. The second-order valence-electron chi connectivity index (χ2n) is 4.38. The summed E-state index contributed by atoms with van der Waals surface area (Å²) in [6.07, 6.45) is 1.59. The van der Waals surface area contributed by atoms with Gasteiger partial charge in [-0.2, -0.15) is 0 Å². The monoisotopic (exact) mass is 255 g/mol. The second-order valence-corrected chi connectivity index (χ2v) is 5.24. The van der Waals surface area contributed by atoms with E-state index in [4.69, 9.17) is 4.74 Å². The van der Waals surface area contributed by atoms with Crippen LogP contribution in [0, 0.1) is 0 Å². The minimum absolute atomic E-state index is 0.0169. The van der Waals surface area contributed by atoms with Crippen LogP contribution in [0.15, 0.2) is 21.7 Å². The number of esters is 1. The lowest BCUT2D eigenvalue weighted by Crippen LogP contribution is -2.28. The molecule has 1 N–H and O–H groups in total. The maximum Gasteiger partial charge on any atom is 0.336 e. The number of carbonyl (C=O) groups is 1. The third-order valence-electron chi connectivity index (χ3n) is 2.72. The molecule has 0 amide bonds. The van der Waals surface area contributed by atoms with Gasteiger partial charge in [-0.15, -0.1) is 0 Å². The number of rotatable bonds is 3. The van der Waals surface area contributed by atoms with Gasteiger partial charge in [-0.3, -0.25) is 0 Å². The van der Waals surface area contributed by atoms with E-state index >= 15 is 0 Å². The molecule has 0 atom stereocenters. The van der Waals surface area contributed by atoms with E-state index in [1.165, 1.54) is 11.8 Å². The Kier molecular flexibility index (Phi) is 3.79. The lowest BCUT2D eigenvalue weighted by Gasteiger charge is -2.28. The van der Waals surface area contributed by atoms with Gasteiger partial charge in [0.2, 0.25) is 0 Å². The van der Waals surface area contributed by atoms with Gasteiger partial charge < -0.3 is 14.7 Å². The standard InChI is InChI=1S/C12H17NO3S/c1-8(2)16-12(15)10-4-3-5-13-9(6-14)7-17-11(10)13/h7-8,14H,3-6H2,1-2H3. The van der Waals surface area contributed by atoms with Crippen LogP contribution in [0.1, 0.15) is 26.7 Å². The molecule has 4 nitrogen and oxygen atoms in total. The Balaban J connectivity index is 2.20. The van der Waals surface area contributed by atoms with Gasteiger partial charge in [0.15, 0.2) is 0 Å². The van der Waals surface area contributed by atoms with Crippen LogP contribution in [0.3, 0.4) is 0 Å². The van der Waals surface area contributed by atoms with Gasteiger partial charge in [0, 0.05) is 6.54 Å². The topological polar surface area (TPSA) is 49.8 Å². The van der Waals surface area contributed by atoms with Crippen LogP contribution in [0.2, 0.25) is 0 Å². The third kappa shape index (κ3) is 2.50. The first-order chi connectivity index (χ1) is 8.13. The van der Waals surface area contributed by atoms with Gasteiger partial charge in [-0.25, -0.2) is 4.79 Å². The molecule has 0 saturated heterocycles. The Morgan fingerprint density at radius 3 is 3.06 bits per heavy atom. The number of fused-ring (bicyclic) bond motifs is 1. The van der Waals surface area contributed by atoms with E-state index in [1.807, 2.05) is 24.2 Å². The molecule has 0 bridgehead atoms. The SMILES string of the molecule is CC(C)OC(=O)C1=C2SC=C(CO)N2CCC1. The molecule has 0 aromatic rings. The van der Waals surface area contributed by atoms with E-state index in [9.17, 15) is 9.90 Å². The van der Waals surface area contributed by atoms with Crippen LogP contribution in [-0.2, 0) is 9.53 Å². The van der Waals surface area contributed by atoms with Crippen molar-refractivity contribution in [2.75, 3.05) is 13.2 Å². The highest BCUT2D eigenvalue weighted by Gasteiger charge is 2.31. The Morgan fingerprint density at radius 1 is 1.65 bits per heavy atom. The Hall–Kier alpha value is -0.940. The third-order valence-corrected chi connectivity index (χ3v) is 3.80. The van der Waals surface area contributed by atoms with Gasteiger partial charge in [0.05, 0.1) is 29.0 Å². The van der Waals surface area contributed by atoms with E-state index in [0.717, 1.165) is 35.7 Å². The van der Waals surface area contributed by atoms with Crippen LogP contribution in [0.5, 0.6) is 0 Å². The van der Waals surface area contributed by atoms with E-state index in [0.29, 0.717) is 0 Å². The molecule has 2 aliphatic rings. The Bertz CT molecular complexity index is 387. The van der Waals surface area contributed by atoms with Gasteiger partial charge in [0.25, 0.3) is 0 Å². The zero-order chi connectivity index (χ0) is 12.4. The molecule has 0 spiro atoms. The van der Waals surface area contributed by atoms with Crippen molar-refractivity contribution in [3.05, 3.63) is 21.7 Å². The molecule has 2 rings (SSSR count). The number of carbonyl (C=O) groups excluding carboxylic acids is 1. The highest BCUT2D eigenvalue weighted by atomic mass is 32.2. The first-order valence-electron chi connectivity index (χ1n) is 5.81. The normalized spacial score (nSPS) is 19.5. The molecule has 0 unspecified atom stereocenters. The fourth-order valence-electron chi connectivity index (χ4n) is 1.98. The average Bonchev–Trinajstić information content (AvgIpc) is 2.70. The largest absolute Gasteiger partial charge is 0.460 e. The minimum atomic E-state index is -0.222. The van der Waals surface area contributed by atoms with Crippen molar-refractivity contribution in [3.63, 3.8) is 0 Å². The van der Waals surface area contributed by atoms with Crippen LogP contribution in [0.4, 0.5) is 0 Å². The minimum Gasteiger partial charge on any atom is -0.460 e. The molecule has 0 aromatic carbocycles. The zero-order valence-electron chi connectivity index (χ0n) is 10.1. The summed E-state index contributed by atoms with van der Waals surface area (Å²) in [7, 11) is 0. The summed E-state index contributed by atoms with van der Waals surface area (Å²) >= 11 is 1.51. The van der Waals surface area contributed by atoms with Crippen molar-refractivity contribution in [1.82, 2.24) is 4.90 Å². The molecular weight excluding hydrogens is 238 g/mol. The van der Waals surface area contributed by atoms with Crippen molar-refractivity contribution < 1.29 is 14.6 Å². The Morgan fingerprint density at radius 2 is 2.41 bits per heavy atom. The Labute approximate surface area is 105 Å². The number of thioether (sulfide) groups is 1. The molecule has 0 aliphatic carbocycles. The number of hydrogen-bond acceptors (Lipinski definition) is 5. The number of ether oxygens (including phenoxy) is 1. The fraction of sp³-hybridized carbons (Fsp3) is 0.583. The maximum absolute atomic E-state index is 11.9. The molecule has 17 heavy (non-hydrogen) atoms. The smallest absolute Gasteiger partial charge is 0.336 e. The summed E-state index contributed by atoms with van der Waals surface area (Å²) in [6.45, 7) is 4.59. The first kappa shape index (κ1) is 12.5. The summed E-state index contributed by atoms with van der Waals surface area (Å²) in [4.78, 5) is 14.0. The molecule has 0 fully saturated rings. The van der Waals surface area contributed by atoms with Gasteiger partial charge >= 0.3 is 5.97 Å². The van der Waals surface area contributed by atoms with Crippen LogP contribution >= 0.6 is 11.8 Å². The molecule has 2 aliphatic heterocycles. The van der Waals surface area contributed by atoms with Gasteiger partial charge in [-0.05, 0) is 32.1 Å². The molecule has 0 radical (unpaired) electrons. The number of aliphatic hydroxyl groups is 1. The predicted molar refractivity (Wildman–Crippen MR) is 67.0 cm³/mol. The van der Waals surface area contributed by atoms with Crippen LogP contribution < -0.4 is 0 Å². The molecule has 0 aromatic heterocycles. The second kappa shape index (κ2) is 5.14. The van der Waals surface area contributed by atoms with E-state index < -0.39 is 0 Å².